The van der Waals surface area contributed by atoms with Gasteiger partial charge in [-0.15, -0.1) is 0 Å². The van der Waals surface area contributed by atoms with Crippen molar-refractivity contribution in [1.29, 1.82) is 0 Å². The first kappa shape index (κ1) is 15.0. The number of hydrogen-bond donors (Lipinski definition) is 1. The standard InChI is InChI=1S/C18H22N6O/c25-17-8-15-11-22(9-13-2-5-24-18(6-13)19-12-21-24)10-14(15)7-16(17)23-4-1-3-20-23/h1-6,12,14-17,25H,7-11H2/t14-,15+,16-,17-/m1/s1. The van der Waals surface area contributed by atoms with Gasteiger partial charge in [0.2, 0.25) is 0 Å². The van der Waals surface area contributed by atoms with Crippen molar-refractivity contribution in [3.8, 4) is 0 Å². The Morgan fingerprint density at radius 3 is 2.84 bits per heavy atom. The molecule has 1 aliphatic heterocycles. The van der Waals surface area contributed by atoms with Gasteiger partial charge >= 0.3 is 0 Å². The monoisotopic (exact) mass is 338 g/mol. The molecule has 3 aromatic rings. The predicted octanol–water partition coefficient (Wildman–Crippen LogP) is 1.37. The second-order valence-corrected chi connectivity index (χ2v) is 7.40. The highest BCUT2D eigenvalue weighted by Gasteiger charge is 2.42. The molecular weight excluding hydrogens is 316 g/mol. The molecule has 7 nitrogen and oxygen atoms in total. The third-order valence-corrected chi connectivity index (χ3v) is 5.80. The van der Waals surface area contributed by atoms with E-state index in [2.05, 4.69) is 32.2 Å². The van der Waals surface area contributed by atoms with Crippen LogP contribution in [0.15, 0.2) is 43.1 Å². The highest BCUT2D eigenvalue weighted by Crippen LogP contribution is 2.41. The summed E-state index contributed by atoms with van der Waals surface area (Å²) in [7, 11) is 0. The highest BCUT2D eigenvalue weighted by atomic mass is 16.3. The Morgan fingerprint density at radius 2 is 2.00 bits per heavy atom. The molecule has 0 amide bonds. The molecule has 5 rings (SSSR count). The second kappa shape index (κ2) is 5.93. The number of hydrogen-bond acceptors (Lipinski definition) is 5. The second-order valence-electron chi connectivity index (χ2n) is 7.40. The van der Waals surface area contributed by atoms with Gasteiger partial charge in [0.15, 0.2) is 5.65 Å². The van der Waals surface area contributed by atoms with E-state index in [1.807, 2.05) is 23.1 Å². The Bertz CT molecular complexity index is 859. The molecule has 0 aromatic carbocycles. The molecule has 2 fully saturated rings. The molecule has 4 atom stereocenters. The Kier molecular flexibility index (Phi) is 3.57. The number of fused-ring (bicyclic) bond motifs is 2. The number of pyridine rings is 1. The third-order valence-electron chi connectivity index (χ3n) is 5.80. The fraction of sp³-hybridized carbons (Fsp3) is 0.500. The van der Waals surface area contributed by atoms with E-state index >= 15 is 0 Å². The molecule has 0 spiro atoms. The van der Waals surface area contributed by atoms with Crippen LogP contribution < -0.4 is 0 Å². The molecule has 0 radical (unpaired) electrons. The molecule has 4 heterocycles. The van der Waals surface area contributed by atoms with Crippen LogP contribution in [0.5, 0.6) is 0 Å². The van der Waals surface area contributed by atoms with Gasteiger partial charge in [0.05, 0.1) is 12.1 Å². The Hall–Kier alpha value is -2.25. The lowest BCUT2D eigenvalue weighted by Gasteiger charge is -2.35. The normalized spacial score (nSPS) is 30.0. The number of aliphatic hydroxyl groups is 1. The molecule has 1 saturated carbocycles. The summed E-state index contributed by atoms with van der Waals surface area (Å²) in [5.41, 5.74) is 2.16. The minimum absolute atomic E-state index is 0.114. The summed E-state index contributed by atoms with van der Waals surface area (Å²) in [6.07, 6.45) is 8.89. The van der Waals surface area contributed by atoms with Gasteiger partial charge in [0, 0.05) is 38.2 Å². The van der Waals surface area contributed by atoms with Crippen LogP contribution in [0.25, 0.3) is 5.65 Å². The average Bonchev–Trinajstić information content (AvgIpc) is 3.33. The Morgan fingerprint density at radius 1 is 1.12 bits per heavy atom. The lowest BCUT2D eigenvalue weighted by molar-refractivity contribution is 0.0306. The first-order valence-corrected chi connectivity index (χ1v) is 8.94. The summed E-state index contributed by atoms with van der Waals surface area (Å²) in [6, 6.07) is 6.27. The lowest BCUT2D eigenvalue weighted by Crippen LogP contribution is -2.36. The van der Waals surface area contributed by atoms with Gasteiger partial charge in [0.1, 0.15) is 6.33 Å². The minimum Gasteiger partial charge on any atom is -0.391 e. The number of nitrogens with zero attached hydrogens (tertiary/aromatic N) is 6. The molecular formula is C18H22N6O. The molecule has 1 N–H and O–H groups in total. The summed E-state index contributed by atoms with van der Waals surface area (Å²) in [6.45, 7) is 3.08. The van der Waals surface area contributed by atoms with E-state index in [9.17, 15) is 5.11 Å². The van der Waals surface area contributed by atoms with Crippen molar-refractivity contribution in [3.05, 3.63) is 48.7 Å². The molecule has 2 aliphatic rings. The van der Waals surface area contributed by atoms with Crippen LogP contribution in [-0.2, 0) is 6.54 Å². The van der Waals surface area contributed by atoms with Crippen molar-refractivity contribution in [2.45, 2.75) is 31.5 Å². The van der Waals surface area contributed by atoms with Crippen molar-refractivity contribution in [2.75, 3.05) is 13.1 Å². The van der Waals surface area contributed by atoms with Crippen LogP contribution in [0.3, 0.4) is 0 Å². The molecule has 7 heteroatoms. The van der Waals surface area contributed by atoms with Crippen LogP contribution in [-0.4, -0.2) is 53.6 Å². The lowest BCUT2D eigenvalue weighted by atomic mass is 9.77. The van der Waals surface area contributed by atoms with Gasteiger partial charge in [0.25, 0.3) is 0 Å². The van der Waals surface area contributed by atoms with Crippen LogP contribution in [0.4, 0.5) is 0 Å². The van der Waals surface area contributed by atoms with Gasteiger partial charge in [-0.3, -0.25) is 9.58 Å². The van der Waals surface area contributed by atoms with Crippen molar-refractivity contribution in [2.24, 2.45) is 11.8 Å². The topological polar surface area (TPSA) is 71.5 Å². The summed E-state index contributed by atoms with van der Waals surface area (Å²) < 4.78 is 3.72. The van der Waals surface area contributed by atoms with Gasteiger partial charge in [-0.25, -0.2) is 9.50 Å². The van der Waals surface area contributed by atoms with E-state index in [1.165, 1.54) is 5.56 Å². The first-order chi connectivity index (χ1) is 12.3. The summed E-state index contributed by atoms with van der Waals surface area (Å²) in [5.74, 6) is 1.22. The third kappa shape index (κ3) is 2.73. The smallest absolute Gasteiger partial charge is 0.155 e. The zero-order chi connectivity index (χ0) is 16.8. The number of aromatic nitrogens is 5. The van der Waals surface area contributed by atoms with Crippen molar-refractivity contribution in [1.82, 2.24) is 29.3 Å². The van der Waals surface area contributed by atoms with Crippen molar-refractivity contribution < 1.29 is 5.11 Å². The fourth-order valence-corrected chi connectivity index (χ4v) is 4.61. The van der Waals surface area contributed by atoms with Crippen molar-refractivity contribution >= 4 is 5.65 Å². The Labute approximate surface area is 145 Å². The fourth-order valence-electron chi connectivity index (χ4n) is 4.61. The molecule has 1 aliphatic carbocycles. The zero-order valence-electron chi connectivity index (χ0n) is 14.0. The maximum absolute atomic E-state index is 10.6. The first-order valence-electron chi connectivity index (χ1n) is 8.94. The van der Waals surface area contributed by atoms with Crippen LogP contribution in [0.2, 0.25) is 0 Å². The van der Waals surface area contributed by atoms with Crippen LogP contribution in [0.1, 0.15) is 24.4 Å². The maximum Gasteiger partial charge on any atom is 0.155 e. The summed E-state index contributed by atoms with van der Waals surface area (Å²) in [4.78, 5) is 6.77. The van der Waals surface area contributed by atoms with Gasteiger partial charge in [-0.05, 0) is 48.4 Å². The van der Waals surface area contributed by atoms with E-state index in [0.29, 0.717) is 11.8 Å². The Balaban J connectivity index is 1.29. The predicted molar refractivity (Wildman–Crippen MR) is 91.7 cm³/mol. The zero-order valence-corrected chi connectivity index (χ0v) is 14.0. The minimum atomic E-state index is -0.298. The van der Waals surface area contributed by atoms with E-state index in [4.69, 9.17) is 0 Å². The van der Waals surface area contributed by atoms with E-state index < -0.39 is 0 Å². The SMILES string of the molecule is O[C@@H]1C[C@H]2CN(Cc3ccn4ncnc4c3)C[C@H]2C[C@H]1n1cccn1. The van der Waals surface area contributed by atoms with Gasteiger partial charge in [-0.1, -0.05) is 0 Å². The molecule has 0 unspecified atom stereocenters. The molecule has 0 bridgehead atoms. The number of rotatable bonds is 3. The van der Waals surface area contributed by atoms with Crippen molar-refractivity contribution in [3.63, 3.8) is 0 Å². The number of aliphatic hydroxyl groups excluding tert-OH is 1. The summed E-state index contributed by atoms with van der Waals surface area (Å²) >= 11 is 0. The van der Waals surface area contributed by atoms with E-state index in [0.717, 1.165) is 38.1 Å². The highest BCUT2D eigenvalue weighted by molar-refractivity contribution is 5.39. The summed E-state index contributed by atoms with van der Waals surface area (Å²) in [5, 5.41) is 19.1. The number of likely N-dealkylation sites (tertiary alicyclic amines) is 1. The average molecular weight is 338 g/mol. The molecule has 3 aromatic heterocycles. The largest absolute Gasteiger partial charge is 0.391 e. The maximum atomic E-state index is 10.6. The molecule has 25 heavy (non-hydrogen) atoms. The molecule has 1 saturated heterocycles. The van der Waals surface area contributed by atoms with E-state index in [-0.39, 0.29) is 12.1 Å². The van der Waals surface area contributed by atoms with Crippen LogP contribution in [0, 0.1) is 11.8 Å². The van der Waals surface area contributed by atoms with Gasteiger partial charge < -0.3 is 5.11 Å². The van der Waals surface area contributed by atoms with Crippen LogP contribution >= 0.6 is 0 Å². The molecule has 130 valence electrons. The quantitative estimate of drug-likeness (QED) is 0.781. The van der Waals surface area contributed by atoms with Gasteiger partial charge in [-0.2, -0.15) is 10.2 Å². The van der Waals surface area contributed by atoms with E-state index in [1.54, 1.807) is 17.0 Å².